The topological polar surface area (TPSA) is 24.1 Å². The first-order valence-corrected chi connectivity index (χ1v) is 6.67. The van der Waals surface area contributed by atoms with Crippen molar-refractivity contribution in [2.45, 2.75) is 43.9 Å². The molecule has 2 heteroatoms. The molecule has 17 heavy (non-hydrogen) atoms. The van der Waals surface area contributed by atoms with E-state index in [0.29, 0.717) is 18.2 Å². The van der Waals surface area contributed by atoms with Crippen LogP contribution in [-0.4, -0.2) is 18.2 Å². The van der Waals surface area contributed by atoms with Crippen molar-refractivity contribution < 1.29 is 0 Å². The van der Waals surface area contributed by atoms with Gasteiger partial charge in [0.25, 0.3) is 0 Å². The fourth-order valence-corrected chi connectivity index (χ4v) is 2.92. The Balaban J connectivity index is 1.61. The van der Waals surface area contributed by atoms with E-state index in [4.69, 9.17) is 0 Å². The van der Waals surface area contributed by atoms with E-state index in [-0.39, 0.29) is 0 Å². The second-order valence-electron chi connectivity index (χ2n) is 5.08. The largest absolute Gasteiger partial charge is 0.294 e. The van der Waals surface area contributed by atoms with Gasteiger partial charge in [-0.1, -0.05) is 55.3 Å². The average Bonchev–Trinajstić information content (AvgIpc) is 2.80. The maximum atomic E-state index is 3.67. The van der Waals surface area contributed by atoms with Crippen molar-refractivity contribution >= 4 is 6.08 Å². The van der Waals surface area contributed by atoms with Crippen molar-refractivity contribution in [2.75, 3.05) is 0 Å². The summed E-state index contributed by atoms with van der Waals surface area (Å²) in [5.74, 6) is 0. The second-order valence-corrected chi connectivity index (χ2v) is 5.08. The van der Waals surface area contributed by atoms with E-state index in [2.05, 4.69) is 53.1 Å². The summed E-state index contributed by atoms with van der Waals surface area (Å²) in [5.41, 5.74) is 1.27. The molecular formula is C15H20N2. The molecule has 1 aromatic carbocycles. The lowest BCUT2D eigenvalue weighted by molar-refractivity contribution is 0.374. The highest BCUT2D eigenvalue weighted by Gasteiger charge is 2.32. The van der Waals surface area contributed by atoms with Crippen molar-refractivity contribution in [1.29, 1.82) is 0 Å². The van der Waals surface area contributed by atoms with Gasteiger partial charge in [-0.2, -0.15) is 0 Å². The van der Waals surface area contributed by atoms with Crippen LogP contribution in [0.25, 0.3) is 6.08 Å². The van der Waals surface area contributed by atoms with Crippen LogP contribution in [-0.2, 0) is 0 Å². The monoisotopic (exact) mass is 228 g/mol. The summed E-state index contributed by atoms with van der Waals surface area (Å²) in [5, 5.41) is 7.33. The Bertz CT molecular complexity index is 371. The SMILES string of the molecule is C(=CC1NC2CCCCC2N1)c1ccccc1. The molecular weight excluding hydrogens is 208 g/mol. The van der Waals surface area contributed by atoms with Gasteiger partial charge in [-0.05, 0) is 18.4 Å². The smallest absolute Gasteiger partial charge is 0.0772 e. The van der Waals surface area contributed by atoms with E-state index < -0.39 is 0 Å². The van der Waals surface area contributed by atoms with Gasteiger partial charge in [-0.15, -0.1) is 0 Å². The lowest BCUT2D eigenvalue weighted by Crippen LogP contribution is -2.36. The molecule has 3 rings (SSSR count). The summed E-state index contributed by atoms with van der Waals surface area (Å²) >= 11 is 0. The van der Waals surface area contributed by atoms with Crippen LogP contribution < -0.4 is 10.6 Å². The summed E-state index contributed by atoms with van der Waals surface area (Å²) in [4.78, 5) is 0. The zero-order chi connectivity index (χ0) is 11.5. The molecule has 0 bridgehead atoms. The Labute approximate surface area is 103 Å². The Morgan fingerprint density at radius 2 is 1.59 bits per heavy atom. The van der Waals surface area contributed by atoms with Gasteiger partial charge < -0.3 is 0 Å². The Morgan fingerprint density at radius 1 is 0.941 bits per heavy atom. The first-order chi connectivity index (χ1) is 8.42. The molecule has 1 heterocycles. The number of rotatable bonds is 2. The molecule has 0 aromatic heterocycles. The fraction of sp³-hybridized carbons (Fsp3) is 0.467. The first-order valence-electron chi connectivity index (χ1n) is 6.67. The highest BCUT2D eigenvalue weighted by atomic mass is 15.2. The van der Waals surface area contributed by atoms with Crippen LogP contribution in [0, 0.1) is 0 Å². The minimum atomic E-state index is 0.350. The molecule has 0 spiro atoms. The van der Waals surface area contributed by atoms with Crippen LogP contribution in [0.15, 0.2) is 36.4 Å². The maximum absolute atomic E-state index is 3.67. The molecule has 2 fully saturated rings. The third kappa shape index (κ3) is 2.59. The first kappa shape index (κ1) is 11.0. The van der Waals surface area contributed by atoms with E-state index in [1.54, 1.807) is 0 Å². The zero-order valence-corrected chi connectivity index (χ0v) is 10.1. The van der Waals surface area contributed by atoms with Gasteiger partial charge in [-0.25, -0.2) is 0 Å². The van der Waals surface area contributed by atoms with Crippen LogP contribution in [0.3, 0.4) is 0 Å². The van der Waals surface area contributed by atoms with Gasteiger partial charge in [0.1, 0.15) is 0 Å². The standard InChI is InChI=1S/C15H20N2/c1-2-6-12(7-3-1)10-11-15-16-13-8-4-5-9-14(13)17-15/h1-3,6-7,10-11,13-17H,4-5,8-9H2. The predicted molar refractivity (Wildman–Crippen MR) is 71.6 cm³/mol. The summed E-state index contributed by atoms with van der Waals surface area (Å²) in [6.07, 6.45) is 10.2. The molecule has 1 saturated carbocycles. The zero-order valence-electron chi connectivity index (χ0n) is 10.1. The molecule has 90 valence electrons. The molecule has 1 aliphatic heterocycles. The number of fused-ring (bicyclic) bond motifs is 1. The molecule has 1 aromatic rings. The summed E-state index contributed by atoms with van der Waals surface area (Å²) < 4.78 is 0. The van der Waals surface area contributed by atoms with E-state index in [9.17, 15) is 0 Å². The Kier molecular flexibility index (Phi) is 3.25. The molecule has 0 amide bonds. The van der Waals surface area contributed by atoms with Crippen molar-refractivity contribution in [1.82, 2.24) is 10.6 Å². The van der Waals surface area contributed by atoms with Crippen molar-refractivity contribution in [3.63, 3.8) is 0 Å². The lowest BCUT2D eigenvalue weighted by Gasteiger charge is -2.23. The summed E-state index contributed by atoms with van der Waals surface area (Å²) in [6.45, 7) is 0. The van der Waals surface area contributed by atoms with Crippen LogP contribution in [0.1, 0.15) is 31.2 Å². The number of nitrogens with one attached hydrogen (secondary N) is 2. The lowest BCUT2D eigenvalue weighted by atomic mass is 9.92. The van der Waals surface area contributed by atoms with E-state index in [1.165, 1.54) is 31.2 Å². The van der Waals surface area contributed by atoms with E-state index in [0.717, 1.165) is 0 Å². The summed E-state index contributed by atoms with van der Waals surface area (Å²) in [6, 6.07) is 11.9. The van der Waals surface area contributed by atoms with Gasteiger partial charge in [0.2, 0.25) is 0 Å². The third-order valence-corrected chi connectivity index (χ3v) is 3.83. The Morgan fingerprint density at radius 3 is 2.24 bits per heavy atom. The summed E-state index contributed by atoms with van der Waals surface area (Å²) in [7, 11) is 0. The van der Waals surface area contributed by atoms with Gasteiger partial charge in [0.05, 0.1) is 6.17 Å². The van der Waals surface area contributed by atoms with Gasteiger partial charge in [0, 0.05) is 12.1 Å². The minimum absolute atomic E-state index is 0.350. The van der Waals surface area contributed by atoms with Crippen LogP contribution in [0.2, 0.25) is 0 Å². The van der Waals surface area contributed by atoms with Crippen molar-refractivity contribution in [2.24, 2.45) is 0 Å². The Hall–Kier alpha value is -1.12. The van der Waals surface area contributed by atoms with Crippen LogP contribution in [0.4, 0.5) is 0 Å². The number of hydrogen-bond donors (Lipinski definition) is 2. The van der Waals surface area contributed by atoms with E-state index >= 15 is 0 Å². The molecule has 2 N–H and O–H groups in total. The maximum Gasteiger partial charge on any atom is 0.0772 e. The molecule has 1 aliphatic carbocycles. The van der Waals surface area contributed by atoms with E-state index in [1.807, 2.05) is 0 Å². The highest BCUT2D eigenvalue weighted by Crippen LogP contribution is 2.23. The fourth-order valence-electron chi connectivity index (χ4n) is 2.92. The highest BCUT2D eigenvalue weighted by molar-refractivity contribution is 5.49. The van der Waals surface area contributed by atoms with Crippen LogP contribution in [0.5, 0.6) is 0 Å². The molecule has 0 radical (unpaired) electrons. The molecule has 2 nitrogen and oxygen atoms in total. The van der Waals surface area contributed by atoms with Gasteiger partial charge in [-0.3, -0.25) is 10.6 Å². The minimum Gasteiger partial charge on any atom is -0.294 e. The second kappa shape index (κ2) is 5.03. The van der Waals surface area contributed by atoms with Crippen molar-refractivity contribution in [3.05, 3.63) is 42.0 Å². The normalized spacial score (nSPS) is 32.8. The molecule has 1 saturated heterocycles. The molecule has 2 aliphatic rings. The average molecular weight is 228 g/mol. The van der Waals surface area contributed by atoms with Gasteiger partial charge >= 0.3 is 0 Å². The molecule has 2 atom stereocenters. The predicted octanol–water partition coefficient (Wildman–Crippen LogP) is 2.53. The third-order valence-electron chi connectivity index (χ3n) is 3.83. The molecule has 2 unspecified atom stereocenters. The van der Waals surface area contributed by atoms with Crippen molar-refractivity contribution in [3.8, 4) is 0 Å². The van der Waals surface area contributed by atoms with Gasteiger partial charge in [0.15, 0.2) is 0 Å². The number of benzene rings is 1. The number of hydrogen-bond acceptors (Lipinski definition) is 2. The van der Waals surface area contributed by atoms with Crippen LogP contribution >= 0.6 is 0 Å². The quantitative estimate of drug-likeness (QED) is 0.813.